The second kappa shape index (κ2) is 27.1. The Morgan fingerprint density at radius 2 is 0.579 bits per heavy atom. The van der Waals surface area contributed by atoms with Crippen LogP contribution in [0.15, 0.2) is 376 Å². The van der Waals surface area contributed by atoms with Gasteiger partial charge in [0, 0.05) is 99.7 Å². The van der Waals surface area contributed by atoms with Crippen molar-refractivity contribution in [2.45, 2.75) is 78.6 Å². The fourth-order valence-electron chi connectivity index (χ4n) is 19.4. The lowest BCUT2D eigenvalue weighted by molar-refractivity contribution is 0.590. The van der Waals surface area contributed by atoms with Crippen LogP contribution in [0.25, 0.3) is 154 Å². The van der Waals surface area contributed by atoms with Crippen molar-refractivity contribution >= 4 is 144 Å². The van der Waals surface area contributed by atoms with Crippen LogP contribution in [0.2, 0.25) is 0 Å². The van der Waals surface area contributed by atoms with Gasteiger partial charge in [0.15, 0.2) is 0 Å². The van der Waals surface area contributed by atoms with Gasteiger partial charge in [-0.25, -0.2) is 0 Å². The summed E-state index contributed by atoms with van der Waals surface area (Å²) < 4.78 is 125. The zero-order chi connectivity index (χ0) is 91.9. The molecule has 6 nitrogen and oxygen atoms in total. The zero-order valence-electron chi connectivity index (χ0n) is 80.6. The molecule has 4 aromatic heterocycles. The highest BCUT2D eigenvalue weighted by Crippen LogP contribution is 2.55. The Labute approximate surface area is 723 Å². The van der Waals surface area contributed by atoms with E-state index in [-0.39, 0.29) is 56.8 Å². The normalized spacial score (nSPS) is 14.3. The second-order valence-electron chi connectivity index (χ2n) is 35.6. The summed E-state index contributed by atoms with van der Waals surface area (Å²) in [4.78, 5) is 4.85. The van der Waals surface area contributed by atoms with Crippen molar-refractivity contribution in [3.8, 4) is 67.3 Å². The lowest BCUT2D eigenvalue weighted by atomic mass is 9.33. The van der Waals surface area contributed by atoms with E-state index in [0.29, 0.717) is 38.9 Å². The number of benzene rings is 17. The van der Waals surface area contributed by atoms with Crippen LogP contribution in [0.5, 0.6) is 0 Å². The molecule has 17 aromatic carbocycles. The minimum atomic E-state index is -0.710. The maximum atomic E-state index is 10.3. The molecule has 7 heteroatoms. The Morgan fingerprint density at radius 1 is 0.231 bits per heavy atom. The highest BCUT2D eigenvalue weighted by molar-refractivity contribution is 7.00. The van der Waals surface area contributed by atoms with E-state index in [4.69, 9.17) is 0 Å². The van der Waals surface area contributed by atoms with Crippen LogP contribution in [0.4, 0.5) is 34.1 Å². The maximum Gasteiger partial charge on any atom is 0.252 e. The summed E-state index contributed by atoms with van der Waals surface area (Å²) in [6, 6.07) is 103. The molecule has 0 aliphatic carbocycles. The average molecular weight is 1570 g/mol. The lowest BCUT2D eigenvalue weighted by Crippen LogP contribution is -2.61. The van der Waals surface area contributed by atoms with Crippen LogP contribution in [0.3, 0.4) is 0 Å². The third-order valence-electron chi connectivity index (χ3n) is 25.3. The molecule has 578 valence electrons. The van der Waals surface area contributed by atoms with E-state index >= 15 is 0 Å². The summed E-state index contributed by atoms with van der Waals surface area (Å²) in [6.07, 6.45) is 0. The van der Waals surface area contributed by atoms with Crippen LogP contribution in [0.1, 0.15) is 95.5 Å². The highest BCUT2D eigenvalue weighted by Gasteiger charge is 2.46. The predicted molar refractivity (Wildman–Crippen MR) is 516 cm³/mol. The van der Waals surface area contributed by atoms with Gasteiger partial charge in [0.25, 0.3) is 6.71 Å². The molecule has 0 atom stereocenters. The summed E-state index contributed by atoms with van der Waals surface area (Å²) in [5, 5.41) is 5.20. The van der Waals surface area contributed by atoms with Gasteiger partial charge in [0.05, 0.1) is 72.0 Å². The second-order valence-corrected chi connectivity index (χ2v) is 35.6. The number of aromatic nitrogens is 4. The maximum absolute atomic E-state index is 10.3. The Morgan fingerprint density at radius 3 is 1.05 bits per heavy atom. The molecule has 0 amide bonds. The highest BCUT2D eigenvalue weighted by atomic mass is 15.2. The van der Waals surface area contributed by atoms with Gasteiger partial charge >= 0.3 is 0 Å². The first-order valence-corrected chi connectivity index (χ1v) is 41.7. The molecular weight excluding hydrogens is 1460 g/mol. The lowest BCUT2D eigenvalue weighted by Gasteiger charge is -2.45. The van der Waals surface area contributed by atoms with Crippen molar-refractivity contribution in [3.05, 3.63) is 393 Å². The summed E-state index contributed by atoms with van der Waals surface area (Å²) in [6.45, 7) is 19.6. The fraction of sp³-hybridized carbons (Fsp3) is 0.105. The molecule has 0 N–H and O–H groups in total. The Kier molecular flexibility index (Phi) is 13.5. The molecule has 0 bridgehead atoms. The Hall–Kier alpha value is -14.4. The summed E-state index contributed by atoms with van der Waals surface area (Å²) in [5.74, 6) is 0. The molecule has 2 aliphatic rings. The quantitative estimate of drug-likeness (QED) is 0.128. The van der Waals surface area contributed by atoms with E-state index in [1.54, 1.807) is 4.57 Å². The minimum Gasteiger partial charge on any atom is -0.311 e. The van der Waals surface area contributed by atoms with Gasteiger partial charge in [0.1, 0.15) is 0 Å². The third-order valence-corrected chi connectivity index (χ3v) is 25.3. The van der Waals surface area contributed by atoms with E-state index < -0.39 is 60.5 Å². The van der Waals surface area contributed by atoms with Crippen molar-refractivity contribution < 1.29 is 16.4 Å². The van der Waals surface area contributed by atoms with Crippen LogP contribution < -0.4 is 26.2 Å². The van der Waals surface area contributed by atoms with Crippen molar-refractivity contribution in [2.24, 2.45) is 0 Å². The van der Waals surface area contributed by atoms with E-state index in [1.807, 2.05) is 41.0 Å². The number of anilines is 6. The molecule has 0 fully saturated rings. The van der Waals surface area contributed by atoms with E-state index in [2.05, 4.69) is 348 Å². The van der Waals surface area contributed by atoms with Crippen molar-refractivity contribution in [2.75, 3.05) is 9.80 Å². The first kappa shape index (κ1) is 60.1. The van der Waals surface area contributed by atoms with Crippen LogP contribution in [-0.2, 0) is 16.2 Å². The van der Waals surface area contributed by atoms with E-state index in [0.717, 1.165) is 150 Å². The topological polar surface area (TPSA) is 26.2 Å². The van der Waals surface area contributed by atoms with Gasteiger partial charge in [-0.3, -0.25) is 0 Å². The van der Waals surface area contributed by atoms with Gasteiger partial charge in [-0.1, -0.05) is 299 Å². The number of para-hydroxylation sites is 5. The van der Waals surface area contributed by atoms with Gasteiger partial charge in [-0.05, 0) is 222 Å². The smallest absolute Gasteiger partial charge is 0.252 e. The average Bonchev–Trinajstić information content (AvgIpc) is 1.48. The van der Waals surface area contributed by atoms with Crippen molar-refractivity contribution in [1.29, 1.82) is 0 Å². The van der Waals surface area contributed by atoms with Crippen molar-refractivity contribution in [3.63, 3.8) is 0 Å². The number of nitrogens with zero attached hydrogens (tertiary/aromatic N) is 6. The standard InChI is InChI=1S/C114H89BN6/c1-112(2,3)78-50-57-103-93(63-78)94-64-79(113(4,5)6)51-58-104(94)119(103)85-70-108-110-109(71-85)121(111-91(74-36-18-12-19-37-74)65-80(114(7,8)9)66-92(111)75-38-20-13-21-39-75)107-69-83(118-102-49-31-26-44-90(102)95-67-81(54-59-105(95)118)116-98-45-27-22-40-86(98)87-41-23-28-46-99(87)116)53-56-97(107)115(110)96-55-52-82(117-100-47-29-24-42-88(100)89-43-25-30-48-101(89)117)68-106(96)120(108)84-61-76(72-32-14-10-15-33-72)60-77(62-84)73-34-16-11-17-35-73/h10-71H,1-9H3/i24D,25D,26D,29D,30D,31D,42D,43D,44D,47D,48D,49D. The molecule has 0 saturated carbocycles. The van der Waals surface area contributed by atoms with Crippen LogP contribution >= 0.6 is 0 Å². The largest absolute Gasteiger partial charge is 0.311 e. The number of hydrogen-bond donors (Lipinski definition) is 0. The Balaban J connectivity index is 0.921. The number of rotatable bonds is 10. The predicted octanol–water partition coefficient (Wildman–Crippen LogP) is 28.7. The molecule has 23 rings (SSSR count). The van der Waals surface area contributed by atoms with Gasteiger partial charge < -0.3 is 28.1 Å². The summed E-state index contributed by atoms with van der Waals surface area (Å²) in [5.41, 5.74) is 24.7. The monoisotopic (exact) mass is 1560 g/mol. The SMILES string of the molecule is [2H]c1c([2H])c([2H])c2c(c1[2H])c1cc(-n3c4ccccc4c4ccccc43)ccc1n2-c1ccc2c(c1)N(c1c(-c3ccccc3)cc(C(C)(C)C)cc1-c1ccccc1)c1cc(-n3c4ccc(C(C)(C)C)cc4c4cc(C(C)(C)C)ccc43)cc3c1B2c1ccc(-n2c4c([2H])c([2H])c([2H])c([2H])c4c4c([2H])c([2H])c([2H])c([2H])c42)cc1N3c1cc(-c2ccccc2)cc(-c2ccccc2)c1. The molecule has 6 heterocycles. The molecule has 0 unspecified atom stereocenters. The first-order valence-electron chi connectivity index (χ1n) is 47.7. The zero-order valence-corrected chi connectivity index (χ0v) is 68.6. The number of fused-ring (bicyclic) bond motifs is 16. The molecule has 0 radical (unpaired) electrons. The molecule has 121 heavy (non-hydrogen) atoms. The van der Waals surface area contributed by atoms with E-state index in [1.165, 1.54) is 11.1 Å². The summed E-state index contributed by atoms with van der Waals surface area (Å²) >= 11 is 0. The van der Waals surface area contributed by atoms with Gasteiger partial charge in [-0.2, -0.15) is 0 Å². The molecule has 21 aromatic rings. The van der Waals surface area contributed by atoms with Crippen LogP contribution in [-0.4, -0.2) is 25.0 Å². The molecule has 2 aliphatic heterocycles. The first-order chi connectivity index (χ1) is 63.9. The number of hydrogen-bond acceptors (Lipinski definition) is 2. The molecule has 0 saturated heterocycles. The fourth-order valence-corrected chi connectivity index (χ4v) is 19.4. The minimum absolute atomic E-state index is 0.0155. The van der Waals surface area contributed by atoms with Gasteiger partial charge in [-0.15, -0.1) is 0 Å². The van der Waals surface area contributed by atoms with Gasteiger partial charge in [0.2, 0.25) is 0 Å². The van der Waals surface area contributed by atoms with Crippen LogP contribution in [0, 0.1) is 0 Å². The molecule has 0 spiro atoms. The van der Waals surface area contributed by atoms with E-state index in [9.17, 15) is 16.4 Å². The molecular formula is C114H89BN6. The summed E-state index contributed by atoms with van der Waals surface area (Å²) in [7, 11) is 0. The Bertz CT molecular complexity index is 8290. The van der Waals surface area contributed by atoms with Crippen molar-refractivity contribution in [1.82, 2.24) is 18.3 Å². The third kappa shape index (κ3) is 11.4.